The van der Waals surface area contributed by atoms with Crippen LogP contribution in [0.1, 0.15) is 23.1 Å². The molecule has 28 heavy (non-hydrogen) atoms. The maximum absolute atomic E-state index is 12.3. The van der Waals surface area contributed by atoms with E-state index in [1.54, 1.807) is 4.90 Å². The van der Waals surface area contributed by atoms with Crippen LogP contribution in [0.25, 0.3) is 0 Å². The van der Waals surface area contributed by atoms with Crippen molar-refractivity contribution in [3.63, 3.8) is 0 Å². The zero-order valence-electron chi connectivity index (χ0n) is 16.3. The molecular formula is C22H24N2O4. The largest absolute Gasteiger partial charge is 0.455 e. The fourth-order valence-electron chi connectivity index (χ4n) is 3.34. The number of amides is 2. The van der Waals surface area contributed by atoms with Crippen LogP contribution >= 0.6 is 0 Å². The highest BCUT2D eigenvalue weighted by Gasteiger charge is 2.36. The molecule has 0 aliphatic carbocycles. The number of rotatable bonds is 5. The van der Waals surface area contributed by atoms with Gasteiger partial charge >= 0.3 is 5.97 Å². The molecule has 6 nitrogen and oxygen atoms in total. The standard InChI is InChI=1S/C22H24N2O4/c1-14-4-6-19(7-5-14)24-12-17(11-21(24)26)22(27)28-13-20(25)23-18-9-15(2)8-16(3)10-18/h4-10,17H,11-13H2,1-3H3,(H,23,25). The molecule has 1 fully saturated rings. The van der Waals surface area contributed by atoms with Gasteiger partial charge in [0.15, 0.2) is 6.61 Å². The summed E-state index contributed by atoms with van der Waals surface area (Å²) in [5, 5.41) is 2.72. The molecule has 1 heterocycles. The summed E-state index contributed by atoms with van der Waals surface area (Å²) in [7, 11) is 0. The monoisotopic (exact) mass is 380 g/mol. The predicted octanol–water partition coefficient (Wildman–Crippen LogP) is 3.15. The number of nitrogens with zero attached hydrogens (tertiary/aromatic N) is 1. The van der Waals surface area contributed by atoms with Gasteiger partial charge in [-0.2, -0.15) is 0 Å². The molecule has 1 atom stereocenters. The highest BCUT2D eigenvalue weighted by atomic mass is 16.5. The minimum Gasteiger partial charge on any atom is -0.455 e. The summed E-state index contributed by atoms with van der Waals surface area (Å²) >= 11 is 0. The van der Waals surface area contributed by atoms with Crippen molar-refractivity contribution < 1.29 is 19.1 Å². The van der Waals surface area contributed by atoms with Gasteiger partial charge in [0.1, 0.15) is 0 Å². The Morgan fingerprint density at radius 3 is 2.32 bits per heavy atom. The second-order valence-corrected chi connectivity index (χ2v) is 7.27. The summed E-state index contributed by atoms with van der Waals surface area (Å²) in [6, 6.07) is 13.3. The lowest BCUT2D eigenvalue weighted by atomic mass is 10.1. The average molecular weight is 380 g/mol. The Kier molecular flexibility index (Phi) is 5.78. The first kappa shape index (κ1) is 19.6. The van der Waals surface area contributed by atoms with Crippen molar-refractivity contribution in [2.75, 3.05) is 23.4 Å². The van der Waals surface area contributed by atoms with Gasteiger partial charge in [-0.15, -0.1) is 0 Å². The molecule has 3 rings (SSSR count). The molecule has 0 spiro atoms. The Morgan fingerprint density at radius 1 is 1.04 bits per heavy atom. The smallest absolute Gasteiger partial charge is 0.311 e. The molecule has 2 amide bonds. The molecule has 2 aromatic rings. The molecule has 0 saturated carbocycles. The van der Waals surface area contributed by atoms with Crippen molar-refractivity contribution in [3.8, 4) is 0 Å². The molecule has 0 aromatic heterocycles. The van der Waals surface area contributed by atoms with Crippen molar-refractivity contribution in [1.82, 2.24) is 0 Å². The Labute approximate surface area is 164 Å². The van der Waals surface area contributed by atoms with Crippen LogP contribution in [-0.4, -0.2) is 30.9 Å². The van der Waals surface area contributed by atoms with E-state index in [2.05, 4.69) is 5.32 Å². The van der Waals surface area contributed by atoms with E-state index in [4.69, 9.17) is 4.74 Å². The molecule has 0 radical (unpaired) electrons. The number of hydrogen-bond donors (Lipinski definition) is 1. The van der Waals surface area contributed by atoms with Crippen LogP contribution < -0.4 is 10.2 Å². The number of carbonyl (C=O) groups is 3. The Balaban J connectivity index is 1.53. The summed E-state index contributed by atoms with van der Waals surface area (Å²) in [5.74, 6) is -1.62. The number of esters is 1. The zero-order valence-corrected chi connectivity index (χ0v) is 16.3. The summed E-state index contributed by atoms with van der Waals surface area (Å²) in [4.78, 5) is 38.2. The lowest BCUT2D eigenvalue weighted by molar-refractivity contribution is -0.151. The molecule has 2 aromatic carbocycles. The van der Waals surface area contributed by atoms with Crippen LogP contribution in [0.4, 0.5) is 11.4 Å². The number of anilines is 2. The average Bonchev–Trinajstić information content (AvgIpc) is 3.01. The highest BCUT2D eigenvalue weighted by Crippen LogP contribution is 2.26. The SMILES string of the molecule is Cc1ccc(N2CC(C(=O)OCC(=O)Nc3cc(C)cc(C)c3)CC2=O)cc1. The van der Waals surface area contributed by atoms with E-state index < -0.39 is 17.8 Å². The first-order valence-electron chi connectivity index (χ1n) is 9.23. The molecule has 6 heteroatoms. The molecule has 1 N–H and O–H groups in total. The van der Waals surface area contributed by atoms with E-state index in [1.165, 1.54) is 0 Å². The summed E-state index contributed by atoms with van der Waals surface area (Å²) in [6.45, 7) is 5.75. The molecule has 1 aliphatic heterocycles. The van der Waals surface area contributed by atoms with Crippen molar-refractivity contribution in [3.05, 3.63) is 59.2 Å². The molecule has 146 valence electrons. The normalized spacial score (nSPS) is 16.2. The summed E-state index contributed by atoms with van der Waals surface area (Å²) in [6.07, 6.45) is 0.0887. The molecular weight excluding hydrogens is 356 g/mol. The van der Waals surface area contributed by atoms with Gasteiger partial charge in [-0.1, -0.05) is 23.8 Å². The van der Waals surface area contributed by atoms with Gasteiger partial charge in [0.25, 0.3) is 5.91 Å². The Hall–Kier alpha value is -3.15. The van der Waals surface area contributed by atoms with E-state index in [1.807, 2.05) is 63.2 Å². The highest BCUT2D eigenvalue weighted by molar-refractivity contribution is 6.00. The third-order valence-electron chi connectivity index (χ3n) is 4.65. The third-order valence-corrected chi connectivity index (χ3v) is 4.65. The zero-order chi connectivity index (χ0) is 20.3. The van der Waals surface area contributed by atoms with Crippen molar-refractivity contribution >= 4 is 29.2 Å². The maximum atomic E-state index is 12.3. The number of carbonyl (C=O) groups excluding carboxylic acids is 3. The van der Waals surface area contributed by atoms with Crippen LogP contribution in [0.2, 0.25) is 0 Å². The predicted molar refractivity (Wildman–Crippen MR) is 107 cm³/mol. The summed E-state index contributed by atoms with van der Waals surface area (Å²) < 4.78 is 5.14. The van der Waals surface area contributed by atoms with Gasteiger partial charge in [0, 0.05) is 24.3 Å². The fraction of sp³-hybridized carbons (Fsp3) is 0.318. The van der Waals surface area contributed by atoms with Gasteiger partial charge in [0.2, 0.25) is 5.91 Å². The number of aryl methyl sites for hydroxylation is 3. The first-order chi connectivity index (χ1) is 13.3. The fourth-order valence-corrected chi connectivity index (χ4v) is 3.34. The number of hydrogen-bond acceptors (Lipinski definition) is 4. The minimum absolute atomic E-state index is 0.0887. The number of benzene rings is 2. The first-order valence-corrected chi connectivity index (χ1v) is 9.23. The maximum Gasteiger partial charge on any atom is 0.311 e. The topological polar surface area (TPSA) is 75.7 Å². The second-order valence-electron chi connectivity index (χ2n) is 7.27. The van der Waals surface area contributed by atoms with Crippen LogP contribution in [0.5, 0.6) is 0 Å². The van der Waals surface area contributed by atoms with Gasteiger partial charge in [0.05, 0.1) is 5.92 Å². The van der Waals surface area contributed by atoms with E-state index in [-0.39, 0.29) is 25.5 Å². The van der Waals surface area contributed by atoms with E-state index in [0.29, 0.717) is 5.69 Å². The molecule has 0 bridgehead atoms. The van der Waals surface area contributed by atoms with Crippen molar-refractivity contribution in [2.24, 2.45) is 5.92 Å². The Bertz CT molecular complexity index is 885. The third kappa shape index (κ3) is 4.76. The quantitative estimate of drug-likeness (QED) is 0.809. The molecule has 1 aliphatic rings. The van der Waals surface area contributed by atoms with Crippen molar-refractivity contribution in [1.29, 1.82) is 0 Å². The minimum atomic E-state index is -0.567. The van der Waals surface area contributed by atoms with Gasteiger partial charge in [-0.05, 0) is 56.2 Å². The second kappa shape index (κ2) is 8.25. The lowest BCUT2D eigenvalue weighted by Crippen LogP contribution is -2.28. The van der Waals surface area contributed by atoms with Gasteiger partial charge in [-0.3, -0.25) is 14.4 Å². The summed E-state index contributed by atoms with van der Waals surface area (Å²) in [5.41, 5.74) is 4.60. The van der Waals surface area contributed by atoms with Crippen LogP contribution in [0.15, 0.2) is 42.5 Å². The number of nitrogens with one attached hydrogen (secondary N) is 1. The van der Waals surface area contributed by atoms with E-state index >= 15 is 0 Å². The lowest BCUT2D eigenvalue weighted by Gasteiger charge is -2.16. The van der Waals surface area contributed by atoms with E-state index in [9.17, 15) is 14.4 Å². The Morgan fingerprint density at radius 2 is 1.68 bits per heavy atom. The number of ether oxygens (including phenoxy) is 1. The van der Waals surface area contributed by atoms with Crippen LogP contribution in [0, 0.1) is 26.7 Å². The molecule has 1 unspecified atom stereocenters. The molecule has 1 saturated heterocycles. The van der Waals surface area contributed by atoms with E-state index in [0.717, 1.165) is 22.4 Å². The van der Waals surface area contributed by atoms with Gasteiger partial charge < -0.3 is 15.0 Å². The van der Waals surface area contributed by atoms with Crippen LogP contribution in [-0.2, 0) is 19.1 Å². The van der Waals surface area contributed by atoms with Gasteiger partial charge in [-0.25, -0.2) is 0 Å². The van der Waals surface area contributed by atoms with Crippen molar-refractivity contribution in [2.45, 2.75) is 27.2 Å². The van der Waals surface area contributed by atoms with Crippen LogP contribution in [0.3, 0.4) is 0 Å².